The third kappa shape index (κ3) is 3.14. The first-order chi connectivity index (χ1) is 9.05. The van der Waals surface area contributed by atoms with Crippen molar-refractivity contribution < 1.29 is 18.3 Å². The van der Waals surface area contributed by atoms with E-state index in [1.54, 1.807) is 18.2 Å². The molecule has 1 aromatic carbocycles. The zero-order chi connectivity index (χ0) is 13.9. The Bertz CT molecular complexity index is 529. The Hall–Kier alpha value is -0.950. The molecule has 19 heavy (non-hydrogen) atoms. The Morgan fingerprint density at radius 2 is 2.16 bits per heavy atom. The standard InChI is InChI=1S/C13H19NO4S/c1-11-9-14(7-4-8-18-11)19(16,17)13-6-3-2-5-12(13)10-15/h2-3,5-6,11,15H,4,7-10H2,1H3. The Morgan fingerprint density at radius 1 is 1.42 bits per heavy atom. The number of hydrogen-bond donors (Lipinski definition) is 1. The summed E-state index contributed by atoms with van der Waals surface area (Å²) >= 11 is 0. The van der Waals surface area contributed by atoms with Gasteiger partial charge in [-0.25, -0.2) is 8.42 Å². The van der Waals surface area contributed by atoms with Gasteiger partial charge in [0.1, 0.15) is 0 Å². The molecule has 0 bridgehead atoms. The first-order valence-corrected chi connectivity index (χ1v) is 7.80. The highest BCUT2D eigenvalue weighted by Crippen LogP contribution is 2.22. The number of aliphatic hydroxyl groups is 1. The van der Waals surface area contributed by atoms with Crippen molar-refractivity contribution in [2.24, 2.45) is 0 Å². The van der Waals surface area contributed by atoms with E-state index >= 15 is 0 Å². The Balaban J connectivity index is 2.35. The van der Waals surface area contributed by atoms with Gasteiger partial charge in [0.25, 0.3) is 0 Å². The zero-order valence-corrected chi connectivity index (χ0v) is 11.8. The van der Waals surface area contributed by atoms with E-state index < -0.39 is 10.0 Å². The van der Waals surface area contributed by atoms with Crippen molar-refractivity contribution in [1.82, 2.24) is 4.31 Å². The fourth-order valence-corrected chi connectivity index (χ4v) is 3.97. The molecule has 0 aromatic heterocycles. The Morgan fingerprint density at radius 3 is 2.89 bits per heavy atom. The molecule has 1 heterocycles. The van der Waals surface area contributed by atoms with Crippen LogP contribution < -0.4 is 0 Å². The largest absolute Gasteiger partial charge is 0.392 e. The van der Waals surface area contributed by atoms with Gasteiger partial charge in [0.05, 0.1) is 17.6 Å². The minimum Gasteiger partial charge on any atom is -0.392 e. The summed E-state index contributed by atoms with van der Waals surface area (Å²) in [6.45, 7) is 2.96. The predicted octanol–water partition coefficient (Wildman–Crippen LogP) is 0.978. The number of sulfonamides is 1. The van der Waals surface area contributed by atoms with Crippen LogP contribution in [-0.4, -0.2) is 43.6 Å². The average Bonchev–Trinajstić information content (AvgIpc) is 2.64. The molecule has 0 spiro atoms. The van der Waals surface area contributed by atoms with E-state index in [2.05, 4.69) is 0 Å². The quantitative estimate of drug-likeness (QED) is 0.899. The van der Waals surface area contributed by atoms with Crippen LogP contribution in [0.25, 0.3) is 0 Å². The van der Waals surface area contributed by atoms with E-state index in [9.17, 15) is 13.5 Å². The molecule has 1 aromatic rings. The first-order valence-electron chi connectivity index (χ1n) is 6.36. The topological polar surface area (TPSA) is 66.8 Å². The summed E-state index contributed by atoms with van der Waals surface area (Å²) in [7, 11) is -3.57. The number of ether oxygens (including phenoxy) is 1. The van der Waals surface area contributed by atoms with Gasteiger partial charge in [0, 0.05) is 19.7 Å². The molecule has 1 saturated heterocycles. The van der Waals surface area contributed by atoms with Gasteiger partial charge >= 0.3 is 0 Å². The van der Waals surface area contributed by atoms with Crippen LogP contribution in [0.3, 0.4) is 0 Å². The van der Waals surface area contributed by atoms with Gasteiger partial charge in [-0.15, -0.1) is 0 Å². The van der Waals surface area contributed by atoms with Crippen LogP contribution in [0.2, 0.25) is 0 Å². The number of hydrogen-bond acceptors (Lipinski definition) is 4. The lowest BCUT2D eigenvalue weighted by Crippen LogP contribution is -2.36. The molecule has 1 atom stereocenters. The van der Waals surface area contributed by atoms with E-state index in [1.165, 1.54) is 10.4 Å². The molecule has 1 aliphatic rings. The van der Waals surface area contributed by atoms with Crippen molar-refractivity contribution in [3.8, 4) is 0 Å². The van der Waals surface area contributed by atoms with Crippen LogP contribution in [0.15, 0.2) is 29.2 Å². The molecule has 6 heteroatoms. The fraction of sp³-hybridized carbons (Fsp3) is 0.538. The van der Waals surface area contributed by atoms with Crippen molar-refractivity contribution in [3.05, 3.63) is 29.8 Å². The molecule has 0 radical (unpaired) electrons. The third-order valence-corrected chi connectivity index (χ3v) is 5.14. The molecular weight excluding hydrogens is 266 g/mol. The molecule has 1 fully saturated rings. The van der Waals surface area contributed by atoms with Gasteiger partial charge in [-0.2, -0.15) is 4.31 Å². The van der Waals surface area contributed by atoms with Crippen LogP contribution in [0, 0.1) is 0 Å². The highest BCUT2D eigenvalue weighted by molar-refractivity contribution is 7.89. The van der Waals surface area contributed by atoms with E-state index in [0.717, 1.165) is 0 Å². The summed E-state index contributed by atoms with van der Waals surface area (Å²) in [5.41, 5.74) is 0.431. The van der Waals surface area contributed by atoms with Gasteiger partial charge < -0.3 is 9.84 Å². The number of benzene rings is 1. The number of rotatable bonds is 3. The van der Waals surface area contributed by atoms with Gasteiger partial charge in [-0.1, -0.05) is 18.2 Å². The van der Waals surface area contributed by atoms with Crippen LogP contribution >= 0.6 is 0 Å². The Kier molecular flexibility index (Phi) is 4.57. The maximum absolute atomic E-state index is 12.6. The van der Waals surface area contributed by atoms with Crippen LogP contribution in [0.5, 0.6) is 0 Å². The molecular formula is C13H19NO4S. The van der Waals surface area contributed by atoms with E-state index in [4.69, 9.17) is 4.74 Å². The monoisotopic (exact) mass is 285 g/mol. The van der Waals surface area contributed by atoms with Crippen LogP contribution in [0.4, 0.5) is 0 Å². The molecule has 106 valence electrons. The van der Waals surface area contributed by atoms with Gasteiger partial charge in [0.2, 0.25) is 10.0 Å². The van der Waals surface area contributed by atoms with E-state index in [-0.39, 0.29) is 17.6 Å². The van der Waals surface area contributed by atoms with Crippen molar-refractivity contribution in [1.29, 1.82) is 0 Å². The zero-order valence-electron chi connectivity index (χ0n) is 10.9. The fourth-order valence-electron chi connectivity index (χ4n) is 2.20. The minimum atomic E-state index is -3.57. The van der Waals surface area contributed by atoms with E-state index in [0.29, 0.717) is 31.7 Å². The van der Waals surface area contributed by atoms with Gasteiger partial charge in [-0.05, 0) is 25.0 Å². The normalized spacial score (nSPS) is 22.1. The minimum absolute atomic E-state index is 0.112. The van der Waals surface area contributed by atoms with Gasteiger partial charge in [0.15, 0.2) is 0 Å². The van der Waals surface area contributed by atoms with Crippen molar-refractivity contribution >= 4 is 10.0 Å². The Labute approximate surface area is 113 Å². The number of nitrogens with zero attached hydrogens (tertiary/aromatic N) is 1. The molecule has 1 unspecified atom stereocenters. The second kappa shape index (κ2) is 6.00. The summed E-state index contributed by atoms with van der Waals surface area (Å²) < 4.78 is 32.2. The average molecular weight is 285 g/mol. The van der Waals surface area contributed by atoms with Crippen LogP contribution in [-0.2, 0) is 21.4 Å². The van der Waals surface area contributed by atoms with Crippen molar-refractivity contribution in [2.75, 3.05) is 19.7 Å². The molecule has 0 saturated carbocycles. The maximum Gasteiger partial charge on any atom is 0.243 e. The second-order valence-corrected chi connectivity index (χ2v) is 6.57. The van der Waals surface area contributed by atoms with E-state index in [1.807, 2.05) is 6.92 Å². The maximum atomic E-state index is 12.6. The SMILES string of the molecule is CC1CN(S(=O)(=O)c2ccccc2CO)CCCO1. The summed E-state index contributed by atoms with van der Waals surface area (Å²) in [6, 6.07) is 6.56. The summed E-state index contributed by atoms with van der Waals surface area (Å²) in [5.74, 6) is 0. The lowest BCUT2D eigenvalue weighted by atomic mass is 10.2. The second-order valence-electron chi connectivity index (χ2n) is 4.66. The van der Waals surface area contributed by atoms with Crippen molar-refractivity contribution in [3.63, 3.8) is 0 Å². The lowest BCUT2D eigenvalue weighted by molar-refractivity contribution is 0.0752. The summed E-state index contributed by atoms with van der Waals surface area (Å²) in [5, 5.41) is 9.28. The highest BCUT2D eigenvalue weighted by Gasteiger charge is 2.29. The van der Waals surface area contributed by atoms with Crippen LogP contribution in [0.1, 0.15) is 18.9 Å². The summed E-state index contributed by atoms with van der Waals surface area (Å²) in [4.78, 5) is 0.187. The molecule has 0 amide bonds. The third-order valence-electron chi connectivity index (χ3n) is 3.18. The molecule has 1 aliphatic heterocycles. The smallest absolute Gasteiger partial charge is 0.243 e. The van der Waals surface area contributed by atoms with Gasteiger partial charge in [-0.3, -0.25) is 0 Å². The molecule has 0 aliphatic carbocycles. The summed E-state index contributed by atoms with van der Waals surface area (Å²) in [6.07, 6.45) is 0.573. The highest BCUT2D eigenvalue weighted by atomic mass is 32.2. The molecule has 1 N–H and O–H groups in total. The predicted molar refractivity (Wildman–Crippen MR) is 71.2 cm³/mol. The van der Waals surface area contributed by atoms with Crippen molar-refractivity contribution in [2.45, 2.75) is 31.0 Å². The number of aliphatic hydroxyl groups excluding tert-OH is 1. The molecule has 5 nitrogen and oxygen atoms in total. The first kappa shape index (κ1) is 14.5. The lowest BCUT2D eigenvalue weighted by Gasteiger charge is -2.22. The molecule has 2 rings (SSSR count).